The minimum Gasteiger partial charge on any atom is -0.384 e. The van der Waals surface area contributed by atoms with E-state index in [-0.39, 0.29) is 5.91 Å². The normalized spacial score (nSPS) is 14.7. The maximum atomic E-state index is 11.8. The van der Waals surface area contributed by atoms with Crippen LogP contribution in [0, 0.1) is 6.92 Å². The number of hydrogen-bond donors (Lipinski definition) is 1. The van der Waals surface area contributed by atoms with E-state index in [9.17, 15) is 4.79 Å². The molecule has 1 saturated carbocycles. The number of aromatic nitrogens is 2. The Morgan fingerprint density at radius 3 is 2.88 bits per heavy atom. The zero-order chi connectivity index (χ0) is 12.4. The van der Waals surface area contributed by atoms with Gasteiger partial charge in [0, 0.05) is 24.8 Å². The molecule has 1 aliphatic carbocycles. The number of nitrogen functional groups attached to an aromatic ring is 1. The number of amides is 1. The first-order valence-electron chi connectivity index (χ1n) is 5.56. The van der Waals surface area contributed by atoms with Gasteiger partial charge in [-0.2, -0.15) is 0 Å². The van der Waals surface area contributed by atoms with Crippen LogP contribution in [0.5, 0.6) is 0 Å². The number of rotatable bonds is 4. The fourth-order valence-electron chi connectivity index (χ4n) is 1.52. The monoisotopic (exact) mass is 252 g/mol. The quantitative estimate of drug-likeness (QED) is 0.641. The fourth-order valence-corrected chi connectivity index (χ4v) is 2.36. The van der Waals surface area contributed by atoms with Crippen molar-refractivity contribution in [1.29, 1.82) is 0 Å². The molecule has 0 unspecified atom stereocenters. The summed E-state index contributed by atoms with van der Waals surface area (Å²) in [6, 6.07) is 2.16. The van der Waals surface area contributed by atoms with Crippen molar-refractivity contribution in [2.45, 2.75) is 31.0 Å². The molecule has 6 heteroatoms. The highest BCUT2D eigenvalue weighted by Gasteiger charge is 2.29. The molecule has 2 N–H and O–H groups in total. The molecular weight excluding hydrogens is 236 g/mol. The number of aryl methyl sites for hydroxylation is 1. The lowest BCUT2D eigenvalue weighted by molar-refractivity contribution is -0.127. The van der Waals surface area contributed by atoms with Crippen LogP contribution in [0.4, 0.5) is 5.82 Å². The van der Waals surface area contributed by atoms with E-state index in [0.717, 1.165) is 18.5 Å². The molecule has 1 aromatic rings. The van der Waals surface area contributed by atoms with E-state index in [0.29, 0.717) is 22.8 Å². The van der Waals surface area contributed by atoms with Crippen molar-refractivity contribution >= 4 is 23.5 Å². The second kappa shape index (κ2) is 4.91. The second-order valence-corrected chi connectivity index (χ2v) is 5.18. The average molecular weight is 252 g/mol. The summed E-state index contributed by atoms with van der Waals surface area (Å²) in [5.74, 6) is 0.944. The van der Waals surface area contributed by atoms with Crippen molar-refractivity contribution in [3.05, 3.63) is 11.8 Å². The van der Waals surface area contributed by atoms with Gasteiger partial charge in [-0.3, -0.25) is 4.79 Å². The molecule has 1 aliphatic rings. The Morgan fingerprint density at radius 1 is 1.59 bits per heavy atom. The maximum Gasteiger partial charge on any atom is 0.233 e. The van der Waals surface area contributed by atoms with E-state index >= 15 is 0 Å². The third-order valence-electron chi connectivity index (χ3n) is 2.67. The summed E-state index contributed by atoms with van der Waals surface area (Å²) >= 11 is 1.34. The zero-order valence-electron chi connectivity index (χ0n) is 10.0. The summed E-state index contributed by atoms with van der Waals surface area (Å²) in [4.78, 5) is 21.9. The lowest BCUT2D eigenvalue weighted by Gasteiger charge is -2.15. The Morgan fingerprint density at radius 2 is 2.29 bits per heavy atom. The summed E-state index contributed by atoms with van der Waals surface area (Å²) in [5, 5.41) is 0.569. The van der Waals surface area contributed by atoms with Crippen LogP contribution in [-0.2, 0) is 4.79 Å². The van der Waals surface area contributed by atoms with Gasteiger partial charge in [-0.15, -0.1) is 0 Å². The molecule has 0 aromatic carbocycles. The van der Waals surface area contributed by atoms with Crippen molar-refractivity contribution in [3.8, 4) is 0 Å². The first kappa shape index (κ1) is 12.2. The van der Waals surface area contributed by atoms with Gasteiger partial charge in [0.2, 0.25) is 5.91 Å². The van der Waals surface area contributed by atoms with Crippen LogP contribution in [0.3, 0.4) is 0 Å². The predicted octanol–water partition coefficient (Wildman–Crippen LogP) is 1.08. The average Bonchev–Trinajstić information content (AvgIpc) is 3.07. The smallest absolute Gasteiger partial charge is 0.233 e. The summed E-state index contributed by atoms with van der Waals surface area (Å²) < 4.78 is 0. The van der Waals surface area contributed by atoms with Crippen LogP contribution in [0.2, 0.25) is 0 Å². The minimum absolute atomic E-state index is 0.126. The molecule has 17 heavy (non-hydrogen) atoms. The van der Waals surface area contributed by atoms with Crippen LogP contribution in [0.1, 0.15) is 18.5 Å². The molecule has 1 fully saturated rings. The molecule has 92 valence electrons. The molecule has 0 saturated heterocycles. The Bertz CT molecular complexity index is 413. The molecule has 0 aliphatic heterocycles. The van der Waals surface area contributed by atoms with Crippen molar-refractivity contribution in [3.63, 3.8) is 0 Å². The van der Waals surface area contributed by atoms with E-state index in [1.54, 1.807) is 6.07 Å². The van der Waals surface area contributed by atoms with E-state index < -0.39 is 0 Å². The molecule has 0 bridgehead atoms. The number of anilines is 1. The van der Waals surface area contributed by atoms with Gasteiger partial charge in [-0.1, -0.05) is 11.8 Å². The van der Waals surface area contributed by atoms with Gasteiger partial charge in [0.15, 0.2) is 5.16 Å². The van der Waals surface area contributed by atoms with Crippen LogP contribution in [0.25, 0.3) is 0 Å². The van der Waals surface area contributed by atoms with Gasteiger partial charge in [0.1, 0.15) is 5.82 Å². The van der Waals surface area contributed by atoms with E-state index in [4.69, 9.17) is 5.73 Å². The number of nitrogens with two attached hydrogens (primary N) is 1. The molecular formula is C11H16N4OS. The van der Waals surface area contributed by atoms with Gasteiger partial charge < -0.3 is 10.6 Å². The number of nitrogens with zero attached hydrogens (tertiary/aromatic N) is 3. The molecule has 1 aromatic heterocycles. The molecule has 1 heterocycles. The maximum absolute atomic E-state index is 11.8. The summed E-state index contributed by atoms with van der Waals surface area (Å²) in [6.45, 7) is 1.86. The van der Waals surface area contributed by atoms with E-state index in [1.807, 2.05) is 18.9 Å². The topological polar surface area (TPSA) is 72.1 Å². The van der Waals surface area contributed by atoms with Gasteiger partial charge in [-0.25, -0.2) is 9.97 Å². The first-order valence-corrected chi connectivity index (χ1v) is 6.54. The molecule has 2 rings (SSSR count). The molecule has 0 radical (unpaired) electrons. The number of carbonyl (C=O) groups excluding carboxylic acids is 1. The van der Waals surface area contributed by atoms with Crippen molar-refractivity contribution < 1.29 is 4.79 Å². The van der Waals surface area contributed by atoms with E-state index in [2.05, 4.69) is 9.97 Å². The van der Waals surface area contributed by atoms with Gasteiger partial charge >= 0.3 is 0 Å². The minimum atomic E-state index is 0.126. The number of carbonyl (C=O) groups is 1. The lowest BCUT2D eigenvalue weighted by Crippen LogP contribution is -2.30. The Kier molecular flexibility index (Phi) is 3.51. The Balaban J connectivity index is 1.90. The first-order chi connectivity index (χ1) is 8.06. The highest BCUT2D eigenvalue weighted by molar-refractivity contribution is 7.99. The molecule has 0 spiro atoms. The molecule has 1 amide bonds. The SMILES string of the molecule is Cc1cc(N)nc(SCC(=O)N(C)C2CC2)n1. The third kappa shape index (κ3) is 3.33. The van der Waals surface area contributed by atoms with Gasteiger partial charge in [0.25, 0.3) is 0 Å². The number of hydrogen-bond acceptors (Lipinski definition) is 5. The largest absolute Gasteiger partial charge is 0.384 e. The fraction of sp³-hybridized carbons (Fsp3) is 0.545. The summed E-state index contributed by atoms with van der Waals surface area (Å²) in [7, 11) is 1.85. The zero-order valence-corrected chi connectivity index (χ0v) is 10.8. The van der Waals surface area contributed by atoms with Crippen LogP contribution >= 0.6 is 11.8 Å². The lowest BCUT2D eigenvalue weighted by atomic mass is 10.4. The van der Waals surface area contributed by atoms with Crippen LogP contribution in [0.15, 0.2) is 11.2 Å². The van der Waals surface area contributed by atoms with Crippen molar-refractivity contribution in [2.24, 2.45) is 0 Å². The Hall–Kier alpha value is -1.30. The predicted molar refractivity (Wildman–Crippen MR) is 67.7 cm³/mol. The Labute approximate surface area is 105 Å². The van der Waals surface area contributed by atoms with Crippen molar-refractivity contribution in [1.82, 2.24) is 14.9 Å². The summed E-state index contributed by atoms with van der Waals surface area (Å²) in [6.07, 6.45) is 2.25. The highest BCUT2D eigenvalue weighted by atomic mass is 32.2. The van der Waals surface area contributed by atoms with Crippen molar-refractivity contribution in [2.75, 3.05) is 18.5 Å². The van der Waals surface area contributed by atoms with Gasteiger partial charge in [0.05, 0.1) is 5.75 Å². The van der Waals surface area contributed by atoms with Crippen LogP contribution in [-0.4, -0.2) is 39.6 Å². The van der Waals surface area contributed by atoms with Crippen LogP contribution < -0.4 is 5.73 Å². The summed E-state index contributed by atoms with van der Waals surface area (Å²) in [5.41, 5.74) is 6.45. The molecule has 5 nitrogen and oxygen atoms in total. The van der Waals surface area contributed by atoms with Gasteiger partial charge in [-0.05, 0) is 19.8 Å². The second-order valence-electron chi connectivity index (χ2n) is 4.24. The van der Waals surface area contributed by atoms with E-state index in [1.165, 1.54) is 11.8 Å². The number of thioether (sulfide) groups is 1. The highest BCUT2D eigenvalue weighted by Crippen LogP contribution is 2.26. The molecule has 0 atom stereocenters. The third-order valence-corrected chi connectivity index (χ3v) is 3.50. The standard InChI is InChI=1S/C11H16N4OS/c1-7-5-9(12)14-11(13-7)17-6-10(16)15(2)8-3-4-8/h5,8H,3-4,6H2,1-2H3,(H2,12,13,14).